The van der Waals surface area contributed by atoms with Gasteiger partial charge in [-0.2, -0.15) is 18.3 Å². The maximum atomic E-state index is 13.0. The summed E-state index contributed by atoms with van der Waals surface area (Å²) in [6.45, 7) is -1.29. The van der Waals surface area contributed by atoms with Gasteiger partial charge < -0.3 is 5.32 Å². The van der Waals surface area contributed by atoms with Crippen LogP contribution in [0.25, 0.3) is 0 Å². The third kappa shape index (κ3) is 3.61. The van der Waals surface area contributed by atoms with Crippen LogP contribution in [0, 0.1) is 0 Å². The number of aryl methyl sites for hydroxylation is 1. The van der Waals surface area contributed by atoms with E-state index in [0.29, 0.717) is 12.8 Å². The first-order chi connectivity index (χ1) is 11.7. The van der Waals surface area contributed by atoms with Crippen molar-refractivity contribution in [2.45, 2.75) is 37.9 Å². The van der Waals surface area contributed by atoms with Crippen molar-refractivity contribution in [1.29, 1.82) is 0 Å². The van der Waals surface area contributed by atoms with E-state index in [0.717, 1.165) is 15.6 Å². The van der Waals surface area contributed by atoms with Gasteiger partial charge in [0, 0.05) is 13.0 Å². The molecule has 2 aromatic heterocycles. The number of carbonyl (C=O) groups excluding carboxylic acids is 1. The fraction of sp³-hybridized carbons (Fsp3) is 0.538. The Hall–Kier alpha value is -2.53. The monoisotopic (exact) mass is 364 g/mol. The van der Waals surface area contributed by atoms with Crippen molar-refractivity contribution < 1.29 is 26.7 Å². The van der Waals surface area contributed by atoms with Crippen LogP contribution in [0.4, 0.5) is 27.6 Å². The molecule has 1 fully saturated rings. The summed E-state index contributed by atoms with van der Waals surface area (Å²) in [5.74, 6) is -1.13. The molecule has 25 heavy (non-hydrogen) atoms. The van der Waals surface area contributed by atoms with E-state index < -0.39 is 36.4 Å². The molecule has 0 saturated heterocycles. The van der Waals surface area contributed by atoms with Crippen LogP contribution in [0.2, 0.25) is 0 Å². The number of alkyl halides is 5. The fourth-order valence-corrected chi connectivity index (χ4v) is 2.53. The van der Waals surface area contributed by atoms with Gasteiger partial charge in [0.1, 0.15) is 12.2 Å². The molecule has 1 amide bonds. The Morgan fingerprint density at radius 1 is 1.40 bits per heavy atom. The van der Waals surface area contributed by atoms with Gasteiger partial charge in [-0.1, -0.05) is 5.21 Å². The topological polar surface area (TPSA) is 77.6 Å². The van der Waals surface area contributed by atoms with E-state index >= 15 is 0 Å². The van der Waals surface area contributed by atoms with E-state index in [-0.39, 0.29) is 17.3 Å². The number of rotatable bonds is 5. The molecule has 0 bridgehead atoms. The molecular weight excluding hydrogens is 351 g/mol. The predicted molar refractivity (Wildman–Crippen MR) is 74.2 cm³/mol. The summed E-state index contributed by atoms with van der Waals surface area (Å²) in [6, 6.07) is 0. The number of nitrogens with zero attached hydrogens (tertiary/aromatic N) is 5. The Labute approximate surface area is 137 Å². The molecular formula is C13H13F5N6O. The summed E-state index contributed by atoms with van der Waals surface area (Å²) in [5, 5.41) is 12.8. The first-order valence-corrected chi connectivity index (χ1v) is 7.29. The second kappa shape index (κ2) is 6.08. The standard InChI is InChI=1S/C13H13F5N6O/c1-23-10(11(14)15)8(21-22-23)12(25)20-7-4-19-24(5-13(16,17)18)9(7)6-2-3-6/h4,6,11H,2-3,5H2,1H3,(H,20,25). The smallest absolute Gasteiger partial charge is 0.318 e. The number of aromatic nitrogens is 5. The van der Waals surface area contributed by atoms with Crippen molar-refractivity contribution >= 4 is 11.6 Å². The van der Waals surface area contributed by atoms with Crippen molar-refractivity contribution in [3.8, 4) is 0 Å². The van der Waals surface area contributed by atoms with E-state index in [1.165, 1.54) is 7.05 Å². The minimum absolute atomic E-state index is 0.0580. The van der Waals surface area contributed by atoms with Gasteiger partial charge in [0.2, 0.25) is 0 Å². The predicted octanol–water partition coefficient (Wildman–Crippen LogP) is 2.64. The highest BCUT2D eigenvalue weighted by atomic mass is 19.4. The maximum Gasteiger partial charge on any atom is 0.408 e. The molecule has 1 N–H and O–H groups in total. The first-order valence-electron chi connectivity index (χ1n) is 7.29. The molecule has 1 saturated carbocycles. The van der Waals surface area contributed by atoms with Crippen LogP contribution >= 0.6 is 0 Å². The van der Waals surface area contributed by atoms with E-state index in [1.807, 2.05) is 0 Å². The lowest BCUT2D eigenvalue weighted by Crippen LogP contribution is -2.21. The molecule has 0 radical (unpaired) electrons. The molecule has 1 aliphatic carbocycles. The third-order valence-electron chi connectivity index (χ3n) is 3.71. The molecule has 12 heteroatoms. The summed E-state index contributed by atoms with van der Waals surface area (Å²) in [6.07, 6.45) is -5.03. The average Bonchev–Trinajstić information content (AvgIpc) is 3.13. The molecule has 1 aliphatic rings. The maximum absolute atomic E-state index is 13.0. The summed E-state index contributed by atoms with van der Waals surface area (Å²) in [7, 11) is 1.21. The normalized spacial score (nSPS) is 15.0. The lowest BCUT2D eigenvalue weighted by molar-refractivity contribution is -0.143. The number of halogens is 5. The summed E-state index contributed by atoms with van der Waals surface area (Å²) < 4.78 is 65.5. The van der Waals surface area contributed by atoms with Gasteiger partial charge in [0.25, 0.3) is 12.3 Å². The van der Waals surface area contributed by atoms with Crippen molar-refractivity contribution in [3.05, 3.63) is 23.3 Å². The number of carbonyl (C=O) groups is 1. The molecule has 3 rings (SSSR count). The zero-order valence-corrected chi connectivity index (χ0v) is 12.9. The zero-order valence-electron chi connectivity index (χ0n) is 12.9. The zero-order chi connectivity index (χ0) is 18.4. The Bertz CT molecular complexity index is 791. The summed E-state index contributed by atoms with van der Waals surface area (Å²) in [4.78, 5) is 12.2. The van der Waals surface area contributed by atoms with Crippen molar-refractivity contribution in [1.82, 2.24) is 24.8 Å². The largest absolute Gasteiger partial charge is 0.408 e. The van der Waals surface area contributed by atoms with E-state index in [4.69, 9.17) is 0 Å². The van der Waals surface area contributed by atoms with Gasteiger partial charge in [-0.25, -0.2) is 13.5 Å². The van der Waals surface area contributed by atoms with Gasteiger partial charge >= 0.3 is 6.18 Å². The van der Waals surface area contributed by atoms with Crippen LogP contribution in [0.15, 0.2) is 6.20 Å². The number of hydrogen-bond donors (Lipinski definition) is 1. The van der Waals surface area contributed by atoms with Crippen LogP contribution in [0.3, 0.4) is 0 Å². The molecule has 2 heterocycles. The van der Waals surface area contributed by atoms with Gasteiger partial charge in [-0.05, 0) is 12.8 Å². The third-order valence-corrected chi connectivity index (χ3v) is 3.71. The Morgan fingerprint density at radius 3 is 2.64 bits per heavy atom. The molecule has 136 valence electrons. The van der Waals surface area contributed by atoms with Crippen LogP contribution in [0.5, 0.6) is 0 Å². The fourth-order valence-electron chi connectivity index (χ4n) is 2.53. The average molecular weight is 364 g/mol. The highest BCUT2D eigenvalue weighted by molar-refractivity contribution is 6.04. The molecule has 0 aromatic carbocycles. The van der Waals surface area contributed by atoms with Gasteiger partial charge in [0.05, 0.1) is 17.6 Å². The van der Waals surface area contributed by atoms with Crippen LogP contribution in [-0.4, -0.2) is 36.9 Å². The lowest BCUT2D eigenvalue weighted by Gasteiger charge is -2.11. The summed E-state index contributed by atoms with van der Waals surface area (Å²) >= 11 is 0. The SMILES string of the molecule is Cn1nnc(C(=O)Nc2cnn(CC(F)(F)F)c2C2CC2)c1C(F)F. The molecule has 7 nitrogen and oxygen atoms in total. The van der Waals surface area contributed by atoms with E-state index in [1.54, 1.807) is 0 Å². The first kappa shape index (κ1) is 17.3. The van der Waals surface area contributed by atoms with Gasteiger partial charge in [-0.3, -0.25) is 9.48 Å². The highest BCUT2D eigenvalue weighted by Crippen LogP contribution is 2.44. The molecule has 0 atom stereocenters. The van der Waals surface area contributed by atoms with Crippen molar-refractivity contribution in [2.75, 3.05) is 5.32 Å². The number of hydrogen-bond acceptors (Lipinski definition) is 4. The summed E-state index contributed by atoms with van der Waals surface area (Å²) in [5.41, 5.74) is -0.966. The molecule has 2 aromatic rings. The van der Waals surface area contributed by atoms with Crippen LogP contribution in [0.1, 0.15) is 47.1 Å². The second-order valence-electron chi connectivity index (χ2n) is 5.69. The minimum Gasteiger partial charge on any atom is -0.318 e. The quantitative estimate of drug-likeness (QED) is 0.828. The second-order valence-corrected chi connectivity index (χ2v) is 5.69. The number of amides is 1. The van der Waals surface area contributed by atoms with Gasteiger partial charge in [-0.15, -0.1) is 5.10 Å². The highest BCUT2D eigenvalue weighted by Gasteiger charge is 2.36. The number of anilines is 1. The van der Waals surface area contributed by atoms with Crippen LogP contribution in [-0.2, 0) is 13.6 Å². The molecule has 0 unspecified atom stereocenters. The molecule has 0 spiro atoms. The van der Waals surface area contributed by atoms with Crippen molar-refractivity contribution in [3.63, 3.8) is 0 Å². The Kier molecular flexibility index (Phi) is 4.21. The Balaban J connectivity index is 1.87. The molecule has 0 aliphatic heterocycles. The van der Waals surface area contributed by atoms with E-state index in [2.05, 4.69) is 20.7 Å². The minimum atomic E-state index is -4.47. The Morgan fingerprint density at radius 2 is 2.08 bits per heavy atom. The number of nitrogens with one attached hydrogen (secondary N) is 1. The van der Waals surface area contributed by atoms with Gasteiger partial charge in [0.15, 0.2) is 5.69 Å². The van der Waals surface area contributed by atoms with E-state index in [9.17, 15) is 26.7 Å². The van der Waals surface area contributed by atoms with Crippen LogP contribution < -0.4 is 5.32 Å². The lowest BCUT2D eigenvalue weighted by atomic mass is 10.2. The van der Waals surface area contributed by atoms with Crippen molar-refractivity contribution in [2.24, 2.45) is 7.05 Å².